The van der Waals surface area contributed by atoms with Crippen LogP contribution in [0.25, 0.3) is 11.5 Å². The zero-order valence-corrected chi connectivity index (χ0v) is 16.6. The molecule has 1 atom stereocenters. The molecule has 0 radical (unpaired) electrons. The van der Waals surface area contributed by atoms with E-state index in [-0.39, 0.29) is 0 Å². The number of aryl methyl sites for hydroxylation is 1. The van der Waals surface area contributed by atoms with Gasteiger partial charge in [-0.05, 0) is 56.1 Å². The Morgan fingerprint density at radius 1 is 1.11 bits per heavy atom. The summed E-state index contributed by atoms with van der Waals surface area (Å²) in [6, 6.07) is 16.6. The van der Waals surface area contributed by atoms with Gasteiger partial charge in [0.2, 0.25) is 5.89 Å². The number of likely N-dealkylation sites (tertiary alicyclic amines) is 1. The summed E-state index contributed by atoms with van der Waals surface area (Å²) < 4.78 is 16.9. The van der Waals surface area contributed by atoms with Crippen LogP contribution in [0.2, 0.25) is 0 Å². The summed E-state index contributed by atoms with van der Waals surface area (Å²) in [5.41, 5.74) is 3.16. The van der Waals surface area contributed by atoms with Crippen LogP contribution in [-0.4, -0.2) is 30.6 Å². The van der Waals surface area contributed by atoms with Crippen molar-refractivity contribution < 1.29 is 13.9 Å². The molecular weight excluding hydrogens is 352 g/mol. The summed E-state index contributed by atoms with van der Waals surface area (Å²) in [5.74, 6) is 3.14. The predicted molar refractivity (Wildman–Crippen MR) is 109 cm³/mol. The van der Waals surface area contributed by atoms with Crippen molar-refractivity contribution in [3.05, 3.63) is 65.5 Å². The molecule has 0 amide bonds. The summed E-state index contributed by atoms with van der Waals surface area (Å²) in [7, 11) is 3.38. The van der Waals surface area contributed by atoms with Gasteiger partial charge in [-0.15, -0.1) is 0 Å². The second-order valence-corrected chi connectivity index (χ2v) is 7.13. The van der Waals surface area contributed by atoms with Gasteiger partial charge in [0.15, 0.2) is 0 Å². The SMILES string of the molecule is COc1cccc([C@H]2CCCN2Cc2nc(-c3ccccc3OC)oc2C)c1. The van der Waals surface area contributed by atoms with E-state index in [2.05, 4.69) is 23.1 Å². The summed E-state index contributed by atoms with van der Waals surface area (Å²) in [6.07, 6.45) is 2.32. The highest BCUT2D eigenvalue weighted by molar-refractivity contribution is 5.63. The van der Waals surface area contributed by atoms with Gasteiger partial charge in [-0.25, -0.2) is 4.98 Å². The molecule has 1 aromatic heterocycles. The topological polar surface area (TPSA) is 47.7 Å². The minimum absolute atomic E-state index is 0.376. The van der Waals surface area contributed by atoms with E-state index in [4.69, 9.17) is 18.9 Å². The van der Waals surface area contributed by atoms with Gasteiger partial charge in [0.25, 0.3) is 0 Å². The lowest BCUT2D eigenvalue weighted by molar-refractivity contribution is 0.244. The van der Waals surface area contributed by atoms with E-state index < -0.39 is 0 Å². The first-order valence-electron chi connectivity index (χ1n) is 9.67. The minimum Gasteiger partial charge on any atom is -0.497 e. The van der Waals surface area contributed by atoms with Crippen LogP contribution in [0.3, 0.4) is 0 Å². The summed E-state index contributed by atoms with van der Waals surface area (Å²) in [4.78, 5) is 7.28. The molecule has 0 spiro atoms. The van der Waals surface area contributed by atoms with Crippen molar-refractivity contribution in [2.24, 2.45) is 0 Å². The Hall–Kier alpha value is -2.79. The van der Waals surface area contributed by atoms with Crippen LogP contribution in [0.1, 0.15) is 35.9 Å². The Bertz CT molecular complexity index is 951. The molecule has 3 aromatic rings. The molecule has 5 heteroatoms. The van der Waals surface area contributed by atoms with Crippen molar-refractivity contribution in [1.29, 1.82) is 0 Å². The second kappa shape index (κ2) is 8.07. The highest BCUT2D eigenvalue weighted by atomic mass is 16.5. The zero-order valence-electron chi connectivity index (χ0n) is 16.6. The van der Waals surface area contributed by atoms with Gasteiger partial charge in [0.05, 0.1) is 25.5 Å². The van der Waals surface area contributed by atoms with Crippen molar-refractivity contribution in [2.75, 3.05) is 20.8 Å². The number of rotatable bonds is 6. The molecule has 146 valence electrons. The quantitative estimate of drug-likeness (QED) is 0.604. The number of oxazole rings is 1. The fraction of sp³-hybridized carbons (Fsp3) is 0.348. The third-order valence-electron chi connectivity index (χ3n) is 5.43. The molecule has 0 unspecified atom stereocenters. The van der Waals surface area contributed by atoms with Crippen molar-refractivity contribution >= 4 is 0 Å². The van der Waals surface area contributed by atoms with Gasteiger partial charge in [0.1, 0.15) is 17.3 Å². The first kappa shape index (κ1) is 18.6. The van der Waals surface area contributed by atoms with Gasteiger partial charge in [-0.3, -0.25) is 4.90 Å². The number of ether oxygens (including phenoxy) is 2. The first-order chi connectivity index (χ1) is 13.7. The maximum absolute atomic E-state index is 5.99. The molecule has 0 aliphatic carbocycles. The standard InChI is InChI=1S/C23H26N2O3/c1-16-20(24-23(28-16)19-10-4-5-12-22(19)27-3)15-25-13-7-11-21(25)17-8-6-9-18(14-17)26-2/h4-6,8-10,12,14,21H,7,11,13,15H2,1-3H3/t21-/m1/s1. The van der Waals surface area contributed by atoms with E-state index in [0.717, 1.165) is 48.0 Å². The maximum Gasteiger partial charge on any atom is 0.230 e. The van der Waals surface area contributed by atoms with Gasteiger partial charge < -0.3 is 13.9 Å². The highest BCUT2D eigenvalue weighted by Crippen LogP contribution is 2.36. The average molecular weight is 378 g/mol. The molecule has 1 aliphatic rings. The van der Waals surface area contributed by atoms with Crippen LogP contribution in [0.4, 0.5) is 0 Å². The lowest BCUT2D eigenvalue weighted by Crippen LogP contribution is -2.23. The Labute approximate surface area is 165 Å². The summed E-state index contributed by atoms with van der Waals surface area (Å²) in [6.45, 7) is 3.81. The molecule has 28 heavy (non-hydrogen) atoms. The summed E-state index contributed by atoms with van der Waals surface area (Å²) >= 11 is 0. The van der Waals surface area contributed by atoms with Crippen molar-refractivity contribution in [2.45, 2.75) is 32.4 Å². The van der Waals surface area contributed by atoms with Crippen LogP contribution < -0.4 is 9.47 Å². The van der Waals surface area contributed by atoms with Crippen molar-refractivity contribution in [3.8, 4) is 23.0 Å². The Balaban J connectivity index is 1.58. The summed E-state index contributed by atoms with van der Waals surface area (Å²) in [5, 5.41) is 0. The number of para-hydroxylation sites is 1. The molecule has 2 heterocycles. The normalized spacial score (nSPS) is 17.0. The number of hydrogen-bond acceptors (Lipinski definition) is 5. The molecule has 0 saturated carbocycles. The average Bonchev–Trinajstić information content (AvgIpc) is 3.35. The smallest absolute Gasteiger partial charge is 0.230 e. The molecule has 1 saturated heterocycles. The number of benzene rings is 2. The van der Waals surface area contributed by atoms with Crippen LogP contribution in [-0.2, 0) is 6.54 Å². The van der Waals surface area contributed by atoms with Gasteiger partial charge in [-0.2, -0.15) is 0 Å². The second-order valence-electron chi connectivity index (χ2n) is 7.13. The van der Waals surface area contributed by atoms with E-state index >= 15 is 0 Å². The molecule has 0 bridgehead atoms. The van der Waals surface area contributed by atoms with Gasteiger partial charge in [0, 0.05) is 12.6 Å². The molecule has 5 nitrogen and oxygen atoms in total. The van der Waals surface area contributed by atoms with Gasteiger partial charge >= 0.3 is 0 Å². The van der Waals surface area contributed by atoms with E-state index in [1.807, 2.05) is 37.3 Å². The van der Waals surface area contributed by atoms with Crippen LogP contribution in [0, 0.1) is 6.92 Å². The zero-order chi connectivity index (χ0) is 19.5. The number of nitrogens with zero attached hydrogens (tertiary/aromatic N) is 2. The number of aromatic nitrogens is 1. The lowest BCUT2D eigenvalue weighted by atomic mass is 10.0. The molecular formula is C23H26N2O3. The molecule has 4 rings (SSSR count). The highest BCUT2D eigenvalue weighted by Gasteiger charge is 2.28. The first-order valence-corrected chi connectivity index (χ1v) is 9.67. The lowest BCUT2D eigenvalue weighted by Gasteiger charge is -2.24. The largest absolute Gasteiger partial charge is 0.497 e. The fourth-order valence-corrected chi connectivity index (χ4v) is 3.95. The monoisotopic (exact) mass is 378 g/mol. The van der Waals surface area contributed by atoms with Crippen molar-refractivity contribution in [1.82, 2.24) is 9.88 Å². The Morgan fingerprint density at radius 3 is 2.79 bits per heavy atom. The van der Waals surface area contributed by atoms with Gasteiger partial charge in [-0.1, -0.05) is 24.3 Å². The molecule has 1 fully saturated rings. The predicted octanol–water partition coefficient (Wildman–Crippen LogP) is 5.00. The minimum atomic E-state index is 0.376. The van der Waals surface area contributed by atoms with Crippen molar-refractivity contribution in [3.63, 3.8) is 0 Å². The van der Waals surface area contributed by atoms with E-state index in [9.17, 15) is 0 Å². The molecule has 1 aliphatic heterocycles. The van der Waals surface area contributed by atoms with Crippen LogP contribution in [0.15, 0.2) is 52.9 Å². The van der Waals surface area contributed by atoms with Crippen LogP contribution >= 0.6 is 0 Å². The Kier molecular flexibility index (Phi) is 5.35. The van der Waals surface area contributed by atoms with E-state index in [0.29, 0.717) is 11.9 Å². The third kappa shape index (κ3) is 3.62. The molecule has 0 N–H and O–H groups in total. The third-order valence-corrected chi connectivity index (χ3v) is 5.43. The number of methoxy groups -OCH3 is 2. The maximum atomic E-state index is 5.99. The molecule has 2 aromatic carbocycles. The Morgan fingerprint density at radius 2 is 1.96 bits per heavy atom. The van der Waals surface area contributed by atoms with E-state index in [1.165, 1.54) is 12.0 Å². The fourth-order valence-electron chi connectivity index (χ4n) is 3.95. The van der Waals surface area contributed by atoms with Crippen LogP contribution in [0.5, 0.6) is 11.5 Å². The number of hydrogen-bond donors (Lipinski definition) is 0. The van der Waals surface area contributed by atoms with E-state index in [1.54, 1.807) is 14.2 Å².